The molecule has 0 saturated carbocycles. The van der Waals surface area contributed by atoms with Crippen molar-refractivity contribution in [3.63, 3.8) is 0 Å². The average molecular weight is 282 g/mol. The van der Waals surface area contributed by atoms with Crippen molar-refractivity contribution in [1.29, 1.82) is 0 Å². The second kappa shape index (κ2) is 5.93. The van der Waals surface area contributed by atoms with Gasteiger partial charge in [-0.25, -0.2) is 9.67 Å². The molecule has 0 radical (unpaired) electrons. The zero-order chi connectivity index (χ0) is 14.7. The number of nitrogens with one attached hydrogen (secondary N) is 1. The van der Waals surface area contributed by atoms with Crippen molar-refractivity contribution in [1.82, 2.24) is 20.1 Å². The lowest BCUT2D eigenvalue weighted by Gasteiger charge is -2.06. The molecule has 5 heteroatoms. The Balaban J connectivity index is 1.75. The molecule has 0 unspecified atom stereocenters. The SMILES string of the molecule is Cc1nn(-c2ccccc2)c(C)c1CNCc1cocn1. The molecular formula is C16H18N4O. The summed E-state index contributed by atoms with van der Waals surface area (Å²) in [6.45, 7) is 5.59. The maximum atomic E-state index is 4.96. The Hall–Kier alpha value is -2.40. The summed E-state index contributed by atoms with van der Waals surface area (Å²) in [6.07, 6.45) is 3.10. The van der Waals surface area contributed by atoms with E-state index in [4.69, 9.17) is 4.42 Å². The number of aryl methyl sites for hydroxylation is 1. The van der Waals surface area contributed by atoms with E-state index in [1.807, 2.05) is 29.8 Å². The predicted octanol–water partition coefficient (Wildman–Crippen LogP) is 2.77. The Morgan fingerprint density at radius 2 is 1.95 bits per heavy atom. The molecule has 0 aliphatic heterocycles. The van der Waals surface area contributed by atoms with Crippen LogP contribution in [-0.2, 0) is 13.1 Å². The van der Waals surface area contributed by atoms with Crippen LogP contribution in [-0.4, -0.2) is 14.8 Å². The van der Waals surface area contributed by atoms with Crippen LogP contribution in [0.2, 0.25) is 0 Å². The molecule has 1 N–H and O–H groups in total. The third kappa shape index (κ3) is 2.87. The smallest absolute Gasteiger partial charge is 0.180 e. The highest BCUT2D eigenvalue weighted by Crippen LogP contribution is 2.17. The van der Waals surface area contributed by atoms with E-state index in [0.29, 0.717) is 6.54 Å². The van der Waals surface area contributed by atoms with Crippen molar-refractivity contribution in [3.05, 3.63) is 65.6 Å². The van der Waals surface area contributed by atoms with Gasteiger partial charge in [-0.05, 0) is 26.0 Å². The molecule has 1 aromatic carbocycles. The van der Waals surface area contributed by atoms with E-state index in [2.05, 4.69) is 34.5 Å². The van der Waals surface area contributed by atoms with Crippen molar-refractivity contribution in [3.8, 4) is 5.69 Å². The van der Waals surface area contributed by atoms with Gasteiger partial charge < -0.3 is 9.73 Å². The number of rotatable bonds is 5. The second-order valence-electron chi connectivity index (χ2n) is 4.98. The minimum Gasteiger partial charge on any atom is -0.451 e. The van der Waals surface area contributed by atoms with Gasteiger partial charge in [0.15, 0.2) is 6.39 Å². The standard InChI is InChI=1S/C16H18N4O/c1-12-16(9-17-8-14-10-21-11-18-14)13(2)20(19-12)15-6-4-3-5-7-15/h3-7,10-11,17H,8-9H2,1-2H3. The van der Waals surface area contributed by atoms with Crippen LogP contribution in [0.4, 0.5) is 0 Å². The van der Waals surface area contributed by atoms with E-state index in [9.17, 15) is 0 Å². The van der Waals surface area contributed by atoms with E-state index in [1.54, 1.807) is 6.26 Å². The molecule has 0 fully saturated rings. The van der Waals surface area contributed by atoms with Crippen molar-refractivity contribution in [2.75, 3.05) is 0 Å². The molecule has 0 aliphatic rings. The van der Waals surface area contributed by atoms with E-state index >= 15 is 0 Å². The van der Waals surface area contributed by atoms with Crippen LogP contribution in [0.5, 0.6) is 0 Å². The monoisotopic (exact) mass is 282 g/mol. The van der Waals surface area contributed by atoms with E-state index in [-0.39, 0.29) is 0 Å². The largest absolute Gasteiger partial charge is 0.451 e. The fourth-order valence-corrected chi connectivity index (χ4v) is 2.39. The molecule has 5 nitrogen and oxygen atoms in total. The van der Waals surface area contributed by atoms with Crippen LogP contribution < -0.4 is 5.32 Å². The Morgan fingerprint density at radius 1 is 1.14 bits per heavy atom. The summed E-state index contributed by atoms with van der Waals surface area (Å²) >= 11 is 0. The topological polar surface area (TPSA) is 55.9 Å². The quantitative estimate of drug-likeness (QED) is 0.782. The van der Waals surface area contributed by atoms with Crippen LogP contribution in [0.25, 0.3) is 5.69 Å². The molecule has 0 spiro atoms. The molecule has 0 saturated heterocycles. The van der Waals surface area contributed by atoms with Crippen LogP contribution in [0, 0.1) is 13.8 Å². The first-order chi connectivity index (χ1) is 10.3. The number of aromatic nitrogens is 3. The Labute approximate surface area is 123 Å². The van der Waals surface area contributed by atoms with Gasteiger partial charge in [0.25, 0.3) is 0 Å². The van der Waals surface area contributed by atoms with Gasteiger partial charge in [0, 0.05) is 24.3 Å². The summed E-state index contributed by atoms with van der Waals surface area (Å²) in [5.41, 5.74) is 5.42. The van der Waals surface area contributed by atoms with Gasteiger partial charge in [-0.2, -0.15) is 5.10 Å². The fourth-order valence-electron chi connectivity index (χ4n) is 2.39. The third-order valence-electron chi connectivity index (χ3n) is 3.53. The third-order valence-corrected chi connectivity index (χ3v) is 3.53. The van der Waals surface area contributed by atoms with Crippen molar-refractivity contribution >= 4 is 0 Å². The van der Waals surface area contributed by atoms with Crippen molar-refractivity contribution in [2.24, 2.45) is 0 Å². The average Bonchev–Trinajstić information content (AvgIpc) is 3.11. The zero-order valence-electron chi connectivity index (χ0n) is 12.2. The van der Waals surface area contributed by atoms with Gasteiger partial charge in [0.05, 0.1) is 17.1 Å². The molecule has 21 heavy (non-hydrogen) atoms. The van der Waals surface area contributed by atoms with Gasteiger partial charge in [-0.1, -0.05) is 18.2 Å². The summed E-state index contributed by atoms with van der Waals surface area (Å²) < 4.78 is 6.95. The van der Waals surface area contributed by atoms with Crippen LogP contribution in [0.15, 0.2) is 47.4 Å². The lowest BCUT2D eigenvalue weighted by atomic mass is 10.2. The highest BCUT2D eigenvalue weighted by atomic mass is 16.3. The first-order valence-corrected chi connectivity index (χ1v) is 6.94. The molecule has 108 valence electrons. The molecule has 2 heterocycles. The van der Waals surface area contributed by atoms with E-state index in [0.717, 1.165) is 29.3 Å². The van der Waals surface area contributed by atoms with Gasteiger partial charge >= 0.3 is 0 Å². The minimum atomic E-state index is 0.686. The Bertz CT molecular complexity index is 701. The highest BCUT2D eigenvalue weighted by molar-refractivity contribution is 5.36. The lowest BCUT2D eigenvalue weighted by Crippen LogP contribution is -2.14. The summed E-state index contributed by atoms with van der Waals surface area (Å²) in [7, 11) is 0. The van der Waals surface area contributed by atoms with Gasteiger partial charge in [0.2, 0.25) is 0 Å². The maximum absolute atomic E-state index is 4.96. The first kappa shape index (κ1) is 13.6. The molecule has 3 aromatic rings. The van der Waals surface area contributed by atoms with Gasteiger partial charge in [-0.3, -0.25) is 0 Å². The number of para-hydroxylation sites is 1. The first-order valence-electron chi connectivity index (χ1n) is 6.94. The number of nitrogens with zero attached hydrogens (tertiary/aromatic N) is 3. The van der Waals surface area contributed by atoms with Crippen molar-refractivity contribution < 1.29 is 4.42 Å². The molecule has 0 amide bonds. The van der Waals surface area contributed by atoms with E-state index in [1.165, 1.54) is 12.0 Å². The molecule has 0 aliphatic carbocycles. The molecular weight excluding hydrogens is 264 g/mol. The summed E-state index contributed by atoms with van der Waals surface area (Å²) in [6, 6.07) is 10.2. The molecule has 0 bridgehead atoms. The molecule has 3 rings (SSSR count). The minimum absolute atomic E-state index is 0.686. The normalized spacial score (nSPS) is 11.0. The highest BCUT2D eigenvalue weighted by Gasteiger charge is 2.12. The van der Waals surface area contributed by atoms with Crippen LogP contribution in [0.3, 0.4) is 0 Å². The number of oxazole rings is 1. The number of hydrogen-bond donors (Lipinski definition) is 1. The second-order valence-corrected chi connectivity index (χ2v) is 4.98. The van der Waals surface area contributed by atoms with Gasteiger partial charge in [-0.15, -0.1) is 0 Å². The fraction of sp³-hybridized carbons (Fsp3) is 0.250. The predicted molar refractivity (Wildman–Crippen MR) is 80.1 cm³/mol. The van der Waals surface area contributed by atoms with Crippen molar-refractivity contribution in [2.45, 2.75) is 26.9 Å². The molecule has 2 aromatic heterocycles. The Kier molecular flexibility index (Phi) is 3.83. The number of hydrogen-bond acceptors (Lipinski definition) is 4. The van der Waals surface area contributed by atoms with E-state index < -0.39 is 0 Å². The summed E-state index contributed by atoms with van der Waals surface area (Å²) in [5, 5.41) is 8.01. The number of benzene rings is 1. The lowest BCUT2D eigenvalue weighted by molar-refractivity contribution is 0.554. The van der Waals surface area contributed by atoms with Crippen LogP contribution in [0.1, 0.15) is 22.6 Å². The Morgan fingerprint density at radius 3 is 2.67 bits per heavy atom. The zero-order valence-corrected chi connectivity index (χ0v) is 12.2. The molecule has 0 atom stereocenters. The maximum Gasteiger partial charge on any atom is 0.180 e. The van der Waals surface area contributed by atoms with Gasteiger partial charge in [0.1, 0.15) is 6.26 Å². The van der Waals surface area contributed by atoms with Crippen LogP contribution >= 0.6 is 0 Å². The summed E-state index contributed by atoms with van der Waals surface area (Å²) in [5.74, 6) is 0. The summed E-state index contributed by atoms with van der Waals surface area (Å²) in [4.78, 5) is 4.10.